The molecule has 0 saturated carbocycles. The number of aliphatic imine (C=N–C) groups is 1. The Hall–Kier alpha value is -1.46. The molecule has 0 bridgehead atoms. The summed E-state index contributed by atoms with van der Waals surface area (Å²) in [7, 11) is 0. The van der Waals surface area contributed by atoms with E-state index in [9.17, 15) is 10.0 Å². The predicted molar refractivity (Wildman–Crippen MR) is 44.3 cm³/mol. The summed E-state index contributed by atoms with van der Waals surface area (Å²) in [5.41, 5.74) is 0.762. The molecule has 0 radical (unpaired) electrons. The topological polar surface area (TPSA) is 89.3 Å². The van der Waals surface area contributed by atoms with Gasteiger partial charge in [-0.15, -0.1) is 0 Å². The van der Waals surface area contributed by atoms with Crippen LogP contribution in [0.15, 0.2) is 29.5 Å². The van der Waals surface area contributed by atoms with Crippen molar-refractivity contribution >= 4 is 11.7 Å². The van der Waals surface area contributed by atoms with Gasteiger partial charge in [0, 0.05) is 6.92 Å². The maximum Gasteiger partial charge on any atom is 0.354 e. The average Bonchev–Trinajstić information content (AvgIpc) is 2.04. The molecule has 0 rings (SSSR count). The van der Waals surface area contributed by atoms with E-state index in [1.54, 1.807) is 0 Å². The number of hydroxylamine groups is 1. The van der Waals surface area contributed by atoms with Crippen molar-refractivity contribution in [3.63, 3.8) is 0 Å². The second-order valence-corrected chi connectivity index (χ2v) is 2.01. The van der Waals surface area contributed by atoms with Crippen LogP contribution in [0.4, 0.5) is 0 Å². The Labute approximate surface area is 69.7 Å². The number of quaternary nitrogens is 1. The van der Waals surface area contributed by atoms with Gasteiger partial charge in [0.2, 0.25) is 0 Å². The molecule has 0 aromatic heterocycles. The third-order valence-electron chi connectivity index (χ3n) is 1.01. The van der Waals surface area contributed by atoms with Gasteiger partial charge in [-0.25, -0.2) is 9.79 Å². The Balaban J connectivity index is 4.51. The van der Waals surface area contributed by atoms with Crippen LogP contribution in [0.1, 0.15) is 6.92 Å². The lowest BCUT2D eigenvalue weighted by Crippen LogP contribution is -2.74. The first kappa shape index (κ1) is 10.5. The third-order valence-corrected chi connectivity index (χ3v) is 1.01. The van der Waals surface area contributed by atoms with E-state index in [1.165, 1.54) is 13.1 Å². The number of carboxylic acids is 1. The van der Waals surface area contributed by atoms with Crippen molar-refractivity contribution in [3.8, 4) is 0 Å². The molecule has 12 heavy (non-hydrogen) atoms. The number of allylic oxidation sites excluding steroid dienone is 1. The van der Waals surface area contributed by atoms with Crippen molar-refractivity contribution in [3.05, 3.63) is 29.8 Å². The number of nitrogens with zero attached hydrogens (tertiary/aromatic N) is 1. The zero-order valence-electron chi connectivity index (χ0n) is 6.65. The quantitative estimate of drug-likeness (QED) is 0.445. The van der Waals surface area contributed by atoms with Gasteiger partial charge < -0.3 is 15.8 Å². The molecule has 0 fully saturated rings. The number of rotatable bonds is 4. The fourth-order valence-electron chi connectivity index (χ4n) is 0.397. The van der Waals surface area contributed by atoms with Crippen LogP contribution in [-0.2, 0) is 4.79 Å². The molecular formula is C7H10N2O3. The van der Waals surface area contributed by atoms with Crippen LogP contribution in [0.2, 0.25) is 0 Å². The normalized spacial score (nSPS) is 12.8. The minimum Gasteiger partial charge on any atom is -0.631 e. The van der Waals surface area contributed by atoms with E-state index in [1.807, 2.05) is 0 Å². The maximum absolute atomic E-state index is 10.3. The lowest BCUT2D eigenvalue weighted by Gasteiger charge is -1.97. The number of nitrogens with two attached hydrogens (primary N) is 1. The molecule has 0 unspecified atom stereocenters. The minimum absolute atomic E-state index is 0.184. The zero-order valence-corrected chi connectivity index (χ0v) is 6.65. The highest BCUT2D eigenvalue weighted by Crippen LogP contribution is 1.85. The molecule has 66 valence electrons. The Morgan fingerprint density at radius 2 is 2.33 bits per heavy atom. The molecule has 0 atom stereocenters. The fourth-order valence-corrected chi connectivity index (χ4v) is 0.397. The second kappa shape index (κ2) is 5.22. The fraction of sp³-hybridized carbons (Fsp3) is 0.143. The van der Waals surface area contributed by atoms with E-state index < -0.39 is 5.97 Å². The van der Waals surface area contributed by atoms with Gasteiger partial charge in [-0.05, 0) is 6.08 Å². The van der Waals surface area contributed by atoms with Crippen molar-refractivity contribution in [1.29, 1.82) is 0 Å². The lowest BCUT2D eigenvalue weighted by molar-refractivity contribution is -0.535. The Morgan fingerprint density at radius 3 is 2.67 bits per heavy atom. The zero-order chi connectivity index (χ0) is 9.56. The minimum atomic E-state index is -1.17. The molecule has 5 nitrogen and oxygen atoms in total. The summed E-state index contributed by atoms with van der Waals surface area (Å²) in [5, 5.41) is 18.5. The highest BCUT2D eigenvalue weighted by atomic mass is 16.5. The summed E-state index contributed by atoms with van der Waals surface area (Å²) in [6.45, 7) is 4.78. The van der Waals surface area contributed by atoms with Gasteiger partial charge in [-0.2, -0.15) is 0 Å². The van der Waals surface area contributed by atoms with Crippen LogP contribution in [0.5, 0.6) is 0 Å². The molecule has 0 aliphatic rings. The van der Waals surface area contributed by atoms with Gasteiger partial charge in [0.25, 0.3) is 0 Å². The summed E-state index contributed by atoms with van der Waals surface area (Å²) >= 11 is 0. The van der Waals surface area contributed by atoms with Crippen molar-refractivity contribution in [1.82, 2.24) is 0 Å². The number of hydrogen-bond acceptors (Lipinski definition) is 3. The molecule has 0 aromatic rings. The summed E-state index contributed by atoms with van der Waals surface area (Å²) in [5.74, 6) is -1.17. The monoisotopic (exact) mass is 170 g/mol. The summed E-state index contributed by atoms with van der Waals surface area (Å²) in [4.78, 5) is 13.8. The van der Waals surface area contributed by atoms with Crippen molar-refractivity contribution < 1.29 is 15.4 Å². The smallest absolute Gasteiger partial charge is 0.354 e. The van der Waals surface area contributed by atoms with Gasteiger partial charge in [0.05, 0.1) is 6.20 Å². The van der Waals surface area contributed by atoms with Gasteiger partial charge in [0.1, 0.15) is 11.4 Å². The maximum atomic E-state index is 10.3. The van der Waals surface area contributed by atoms with Crippen molar-refractivity contribution in [2.45, 2.75) is 6.92 Å². The summed E-state index contributed by atoms with van der Waals surface area (Å²) in [6.07, 6.45) is 2.29. The van der Waals surface area contributed by atoms with E-state index in [-0.39, 0.29) is 5.71 Å². The largest absolute Gasteiger partial charge is 0.631 e. The van der Waals surface area contributed by atoms with Crippen LogP contribution in [0.3, 0.4) is 0 Å². The van der Waals surface area contributed by atoms with Crippen LogP contribution >= 0.6 is 0 Å². The molecule has 0 aromatic carbocycles. The molecule has 3 N–H and O–H groups in total. The summed E-state index contributed by atoms with van der Waals surface area (Å²) < 4.78 is 0. The standard InChI is InChI=1S/C7H10N2O3/c1-3-6(7(10)11)8-4-5(2)9-12/h3-4H,1,9H2,2H3,(H,10,11)/b5-4-,8-6?. The molecule has 0 aliphatic carbocycles. The molecule has 0 amide bonds. The summed E-state index contributed by atoms with van der Waals surface area (Å²) in [6, 6.07) is 0. The molecule has 0 saturated heterocycles. The van der Waals surface area contributed by atoms with Crippen molar-refractivity contribution in [2.75, 3.05) is 0 Å². The lowest BCUT2D eigenvalue weighted by atomic mass is 10.4. The number of hydrogen-bond donors (Lipinski definition) is 2. The van der Waals surface area contributed by atoms with Crippen LogP contribution in [-0.4, -0.2) is 16.8 Å². The molecule has 5 heteroatoms. The number of carboxylic acid groups (broad SMARTS) is 1. The highest BCUT2D eigenvalue weighted by molar-refractivity contribution is 6.40. The molecule has 0 aliphatic heterocycles. The highest BCUT2D eigenvalue weighted by Gasteiger charge is 2.01. The van der Waals surface area contributed by atoms with Crippen LogP contribution in [0, 0.1) is 5.21 Å². The van der Waals surface area contributed by atoms with E-state index in [0.717, 1.165) is 6.08 Å². The van der Waals surface area contributed by atoms with E-state index in [4.69, 9.17) is 5.11 Å². The third kappa shape index (κ3) is 3.65. The predicted octanol–water partition coefficient (Wildman–Crippen LogP) is -0.380. The Bertz CT molecular complexity index is 243. The van der Waals surface area contributed by atoms with Crippen molar-refractivity contribution in [2.24, 2.45) is 4.99 Å². The number of aliphatic carboxylic acids is 1. The van der Waals surface area contributed by atoms with Gasteiger partial charge in [-0.3, -0.25) is 0 Å². The first-order valence-electron chi connectivity index (χ1n) is 3.17. The van der Waals surface area contributed by atoms with E-state index in [2.05, 4.69) is 11.6 Å². The molecule has 0 heterocycles. The first-order valence-corrected chi connectivity index (χ1v) is 3.17. The van der Waals surface area contributed by atoms with Gasteiger partial charge in [0.15, 0.2) is 0 Å². The SMILES string of the molecule is C=CC(=N/C=C(/C)[NH2+][O-])C(=O)O. The van der Waals surface area contributed by atoms with Gasteiger partial charge in [-0.1, -0.05) is 6.58 Å². The van der Waals surface area contributed by atoms with E-state index in [0.29, 0.717) is 11.2 Å². The van der Waals surface area contributed by atoms with Gasteiger partial charge >= 0.3 is 5.97 Å². The van der Waals surface area contributed by atoms with E-state index >= 15 is 0 Å². The molecular weight excluding hydrogens is 160 g/mol. The Morgan fingerprint density at radius 1 is 1.75 bits per heavy atom. The second-order valence-electron chi connectivity index (χ2n) is 2.01. The average molecular weight is 170 g/mol. The van der Waals surface area contributed by atoms with Crippen LogP contribution in [0.25, 0.3) is 0 Å². The van der Waals surface area contributed by atoms with Crippen LogP contribution < -0.4 is 5.48 Å². The molecule has 0 spiro atoms. The Kier molecular flexibility index (Phi) is 4.59. The first-order chi connectivity index (χ1) is 5.61. The number of carbonyl (C=O) groups is 1.